The second-order valence-corrected chi connectivity index (χ2v) is 14.3. The highest BCUT2D eigenvalue weighted by Gasteiger charge is 2.45. The molecular formula is C24H39N5O4S2. The fraction of sp³-hybridized carbons (Fsp3) is 0.833. The van der Waals surface area contributed by atoms with Crippen molar-refractivity contribution in [2.75, 3.05) is 45.6 Å². The van der Waals surface area contributed by atoms with Crippen molar-refractivity contribution in [2.45, 2.75) is 86.7 Å². The van der Waals surface area contributed by atoms with Crippen LogP contribution in [-0.2, 0) is 26.0 Å². The first-order valence-corrected chi connectivity index (χ1v) is 15.7. The van der Waals surface area contributed by atoms with E-state index in [0.717, 1.165) is 76.9 Å². The first-order chi connectivity index (χ1) is 16.6. The van der Waals surface area contributed by atoms with Crippen LogP contribution in [0.3, 0.4) is 0 Å². The number of carbonyl (C=O) groups excluding carboxylic acids is 1. The summed E-state index contributed by atoms with van der Waals surface area (Å²) in [5.41, 5.74) is 2.28. The summed E-state index contributed by atoms with van der Waals surface area (Å²) in [6.45, 7) is 8.44. The average molecular weight is 526 g/mol. The quantitative estimate of drug-likeness (QED) is 0.628. The number of piperazine rings is 1. The Morgan fingerprint density at radius 3 is 2.34 bits per heavy atom. The van der Waals surface area contributed by atoms with Crippen molar-refractivity contribution in [3.8, 4) is 0 Å². The van der Waals surface area contributed by atoms with Gasteiger partial charge in [-0.3, -0.25) is 14.4 Å². The topological polar surface area (TPSA) is 96.8 Å². The van der Waals surface area contributed by atoms with Crippen LogP contribution in [0.5, 0.6) is 0 Å². The molecule has 11 heteroatoms. The zero-order valence-corrected chi connectivity index (χ0v) is 22.8. The number of hydrogen-bond donors (Lipinski definition) is 1. The molecule has 1 N–H and O–H groups in total. The van der Waals surface area contributed by atoms with Gasteiger partial charge < -0.3 is 10.1 Å². The van der Waals surface area contributed by atoms with Crippen LogP contribution in [0.4, 0.5) is 0 Å². The summed E-state index contributed by atoms with van der Waals surface area (Å²) in [4.78, 5) is 15.9. The Morgan fingerprint density at radius 2 is 1.71 bits per heavy atom. The smallest absolute Gasteiger partial charge is 0.236 e. The van der Waals surface area contributed by atoms with Crippen molar-refractivity contribution in [3.05, 3.63) is 11.3 Å². The number of sulfonamides is 1. The molecule has 1 aromatic rings. The van der Waals surface area contributed by atoms with Gasteiger partial charge in [0.05, 0.1) is 23.0 Å². The molecule has 1 aromatic heterocycles. The van der Waals surface area contributed by atoms with Crippen LogP contribution in [0, 0.1) is 6.92 Å². The summed E-state index contributed by atoms with van der Waals surface area (Å²) in [7, 11) is -3.10. The summed E-state index contributed by atoms with van der Waals surface area (Å²) in [5.74, 6) is 0.141. The number of rotatable bonds is 5. The summed E-state index contributed by atoms with van der Waals surface area (Å²) in [6.07, 6.45) is 8.02. The van der Waals surface area contributed by atoms with Crippen LogP contribution in [0.15, 0.2) is 5.03 Å². The highest BCUT2D eigenvalue weighted by molar-refractivity contribution is 8.01. The molecule has 1 saturated carbocycles. The van der Waals surface area contributed by atoms with E-state index in [1.54, 1.807) is 16.1 Å². The van der Waals surface area contributed by atoms with Crippen molar-refractivity contribution < 1.29 is 17.9 Å². The first-order valence-electron chi connectivity index (χ1n) is 13.0. The van der Waals surface area contributed by atoms with E-state index in [0.29, 0.717) is 25.2 Å². The lowest BCUT2D eigenvalue weighted by molar-refractivity contribution is -0.124. The van der Waals surface area contributed by atoms with Gasteiger partial charge in [-0.05, 0) is 52.4 Å². The van der Waals surface area contributed by atoms with Gasteiger partial charge >= 0.3 is 0 Å². The van der Waals surface area contributed by atoms with Crippen LogP contribution in [-0.4, -0.2) is 95.8 Å². The molecule has 4 aliphatic rings. The van der Waals surface area contributed by atoms with Crippen molar-refractivity contribution in [1.82, 2.24) is 24.3 Å². The van der Waals surface area contributed by atoms with E-state index in [1.165, 1.54) is 16.8 Å². The van der Waals surface area contributed by atoms with Crippen molar-refractivity contribution in [3.63, 3.8) is 0 Å². The average Bonchev–Trinajstić information content (AvgIpc) is 3.35. The van der Waals surface area contributed by atoms with E-state index in [2.05, 4.69) is 28.7 Å². The van der Waals surface area contributed by atoms with Gasteiger partial charge in [-0.25, -0.2) is 8.42 Å². The standard InChI is InChI=1S/C24H39N5O4S2/c1-17-21-16-24(2,34-22(21)29(26-17)20-8-14-33-15-9-20)23(30)25-18-4-6-19(7-5-18)27-10-12-28(13-11-27)35(3,31)32/h18-20H,4-16H2,1-3H3,(H,25,30)/t18-,19-,24-/m0/s1. The molecule has 1 atom stereocenters. The number of ether oxygens (including phenoxy) is 1. The largest absolute Gasteiger partial charge is 0.381 e. The number of fused-ring (bicyclic) bond motifs is 1. The van der Waals surface area contributed by atoms with E-state index in [1.807, 2.05) is 0 Å². The molecule has 1 aliphatic carbocycles. The Balaban J connectivity index is 1.14. The van der Waals surface area contributed by atoms with E-state index in [4.69, 9.17) is 9.84 Å². The Kier molecular flexibility index (Phi) is 7.26. The maximum absolute atomic E-state index is 13.5. The number of nitrogens with one attached hydrogen (secondary N) is 1. The van der Waals surface area contributed by atoms with Crippen molar-refractivity contribution in [2.24, 2.45) is 0 Å². The van der Waals surface area contributed by atoms with E-state index in [-0.39, 0.29) is 11.9 Å². The summed E-state index contributed by atoms with van der Waals surface area (Å²) in [5, 5.41) is 9.38. The second kappa shape index (κ2) is 9.96. The fourth-order valence-electron chi connectivity index (χ4n) is 6.09. The molecule has 0 radical (unpaired) electrons. The minimum Gasteiger partial charge on any atom is -0.381 e. The van der Waals surface area contributed by atoms with Gasteiger partial charge in [-0.1, -0.05) is 11.8 Å². The molecule has 196 valence electrons. The Bertz CT molecular complexity index is 1040. The van der Waals surface area contributed by atoms with Crippen LogP contribution in [0.2, 0.25) is 0 Å². The Labute approximate surface area is 213 Å². The lowest BCUT2D eigenvalue weighted by atomic mass is 9.89. The molecule has 0 spiro atoms. The number of aromatic nitrogens is 2. The van der Waals surface area contributed by atoms with Crippen molar-refractivity contribution >= 4 is 27.7 Å². The molecule has 35 heavy (non-hydrogen) atoms. The van der Waals surface area contributed by atoms with Crippen molar-refractivity contribution in [1.29, 1.82) is 0 Å². The van der Waals surface area contributed by atoms with Gasteiger partial charge in [-0.15, -0.1) is 0 Å². The predicted molar refractivity (Wildman–Crippen MR) is 136 cm³/mol. The molecule has 0 unspecified atom stereocenters. The van der Waals surface area contributed by atoms with Crippen LogP contribution < -0.4 is 5.32 Å². The molecular weight excluding hydrogens is 486 g/mol. The number of thioether (sulfide) groups is 1. The summed E-state index contributed by atoms with van der Waals surface area (Å²) < 4.78 is 32.3. The molecule has 3 fully saturated rings. The summed E-state index contributed by atoms with van der Waals surface area (Å²) >= 11 is 1.69. The zero-order valence-electron chi connectivity index (χ0n) is 21.2. The van der Waals surface area contributed by atoms with Crippen LogP contribution in [0.25, 0.3) is 0 Å². The number of carbonyl (C=O) groups is 1. The van der Waals surface area contributed by atoms with Gasteiger partial charge in [0.1, 0.15) is 4.75 Å². The predicted octanol–water partition coefficient (Wildman–Crippen LogP) is 1.95. The number of aryl methyl sites for hydroxylation is 1. The SMILES string of the molecule is Cc1nn(C2CCOCC2)c2c1C[C@@](C)(C(=O)N[C@H]1CC[C@H](N3CCN(S(C)(=O)=O)CC3)CC1)S2. The number of hydrogen-bond acceptors (Lipinski definition) is 7. The van der Waals surface area contributed by atoms with E-state index >= 15 is 0 Å². The fourth-order valence-corrected chi connectivity index (χ4v) is 8.33. The maximum atomic E-state index is 13.5. The molecule has 0 bridgehead atoms. The highest BCUT2D eigenvalue weighted by atomic mass is 32.2. The van der Waals surface area contributed by atoms with E-state index in [9.17, 15) is 13.2 Å². The maximum Gasteiger partial charge on any atom is 0.236 e. The molecule has 9 nitrogen and oxygen atoms in total. The minimum atomic E-state index is -3.10. The molecule has 4 heterocycles. The molecule has 1 amide bonds. The second-order valence-electron chi connectivity index (χ2n) is 10.8. The monoisotopic (exact) mass is 525 g/mol. The third kappa shape index (κ3) is 5.30. The first kappa shape index (κ1) is 25.5. The zero-order chi connectivity index (χ0) is 24.8. The lowest BCUT2D eigenvalue weighted by Gasteiger charge is -2.41. The molecule has 0 aromatic carbocycles. The van der Waals surface area contributed by atoms with Crippen LogP contribution >= 0.6 is 11.8 Å². The molecule has 3 aliphatic heterocycles. The van der Waals surface area contributed by atoms with Gasteiger partial charge in [0.2, 0.25) is 15.9 Å². The normalized spacial score (nSPS) is 31.4. The van der Waals surface area contributed by atoms with Gasteiger partial charge in [0, 0.05) is 63.5 Å². The highest BCUT2D eigenvalue weighted by Crippen LogP contribution is 2.48. The Morgan fingerprint density at radius 1 is 1.06 bits per heavy atom. The van der Waals surface area contributed by atoms with Gasteiger partial charge in [-0.2, -0.15) is 9.40 Å². The third-order valence-electron chi connectivity index (χ3n) is 8.30. The Hall–Kier alpha value is -1.14. The van der Waals surface area contributed by atoms with Crippen LogP contribution in [0.1, 0.15) is 62.7 Å². The minimum absolute atomic E-state index is 0.141. The molecule has 2 saturated heterocycles. The third-order valence-corrected chi connectivity index (χ3v) is 11.0. The van der Waals surface area contributed by atoms with E-state index < -0.39 is 14.8 Å². The number of nitrogens with zero attached hydrogens (tertiary/aromatic N) is 4. The van der Waals surface area contributed by atoms with Gasteiger partial charge in [0.25, 0.3) is 0 Å². The van der Waals surface area contributed by atoms with Gasteiger partial charge in [0.15, 0.2) is 0 Å². The molecule has 5 rings (SSSR count). The number of amides is 1. The summed E-state index contributed by atoms with van der Waals surface area (Å²) in [6, 6.07) is 1.06. The lowest BCUT2D eigenvalue weighted by Crippen LogP contribution is -2.54.